The van der Waals surface area contributed by atoms with E-state index in [-0.39, 0.29) is 40.8 Å². The van der Waals surface area contributed by atoms with Gasteiger partial charge in [-0.2, -0.15) is 0 Å². The van der Waals surface area contributed by atoms with Gasteiger partial charge >= 0.3 is 40.8 Å². The van der Waals surface area contributed by atoms with Crippen molar-refractivity contribution in [3.05, 3.63) is 126 Å². The standard InChI is InChI=1S/3C9H8O2.Nd/c3*10-9(11)7-6-8-4-2-1-3-5-8;/h3*1-7H,(H,10,11);/q;;;+3/p-3/b3*7-6+;. The molecule has 0 unspecified atom stereocenters. The van der Waals surface area contributed by atoms with Crippen molar-refractivity contribution in [2.45, 2.75) is 0 Å². The topological polar surface area (TPSA) is 120 Å². The average molecular weight is 586 g/mol. The molecule has 0 N–H and O–H groups in total. The fourth-order valence-corrected chi connectivity index (χ4v) is 2.19. The Balaban J connectivity index is 0.000000473. The number of hydrogen-bond acceptors (Lipinski definition) is 6. The molecule has 0 aliphatic heterocycles. The number of carbonyl (C=O) groups is 3. The minimum absolute atomic E-state index is 0. The Morgan fingerprint density at radius 1 is 0.441 bits per heavy atom. The minimum Gasteiger partial charge on any atom is -0.545 e. The number of aliphatic carboxylic acids is 3. The predicted molar refractivity (Wildman–Crippen MR) is 121 cm³/mol. The second-order valence-electron chi connectivity index (χ2n) is 6.19. The molecule has 7 heteroatoms. The van der Waals surface area contributed by atoms with Gasteiger partial charge < -0.3 is 29.7 Å². The van der Waals surface area contributed by atoms with Gasteiger partial charge in [-0.3, -0.25) is 0 Å². The van der Waals surface area contributed by atoms with Crippen LogP contribution in [0.1, 0.15) is 16.7 Å². The molecule has 0 saturated carbocycles. The molecule has 0 aliphatic rings. The molecule has 3 aromatic carbocycles. The first-order valence-electron chi connectivity index (χ1n) is 9.69. The molecule has 6 nitrogen and oxygen atoms in total. The van der Waals surface area contributed by atoms with Crippen molar-refractivity contribution < 1.29 is 70.5 Å². The molecule has 0 spiro atoms. The molecule has 3 rings (SSSR count). The number of hydrogen-bond donors (Lipinski definition) is 0. The predicted octanol–water partition coefficient (Wildman–Crippen LogP) is 1.35. The van der Waals surface area contributed by atoms with Gasteiger partial charge in [-0.1, -0.05) is 109 Å². The van der Waals surface area contributed by atoms with E-state index in [0.717, 1.165) is 34.9 Å². The summed E-state index contributed by atoms with van der Waals surface area (Å²) in [7, 11) is 0. The van der Waals surface area contributed by atoms with Crippen molar-refractivity contribution >= 4 is 36.1 Å². The van der Waals surface area contributed by atoms with Crippen LogP contribution < -0.4 is 15.3 Å². The van der Waals surface area contributed by atoms with Crippen LogP contribution >= 0.6 is 0 Å². The van der Waals surface area contributed by atoms with Gasteiger partial charge in [-0.25, -0.2) is 0 Å². The van der Waals surface area contributed by atoms with Gasteiger partial charge in [0.05, 0.1) is 17.9 Å². The molecule has 0 amide bonds. The number of benzene rings is 3. The normalized spacial score (nSPS) is 9.88. The number of rotatable bonds is 6. The van der Waals surface area contributed by atoms with Crippen LogP contribution in [0.4, 0.5) is 0 Å². The Kier molecular flexibility index (Phi) is 17.2. The quantitative estimate of drug-likeness (QED) is 0.403. The van der Waals surface area contributed by atoms with Gasteiger partial charge in [0.25, 0.3) is 0 Å². The zero-order valence-corrected chi connectivity index (χ0v) is 21.3. The molecule has 169 valence electrons. The SMILES string of the molecule is O=C([O-])/C=C/c1ccccc1.O=C([O-])/C=C/c1ccccc1.O=C([O-])/C=C/c1ccccc1.[Nd+3]. The Labute approximate surface area is 231 Å². The van der Waals surface area contributed by atoms with E-state index in [0.29, 0.717) is 0 Å². The molecule has 0 saturated heterocycles. The number of carboxylic acids is 3. The zero-order valence-electron chi connectivity index (χ0n) is 18.1. The first-order chi connectivity index (χ1) is 15.9. The molecule has 0 aliphatic carbocycles. The maximum absolute atomic E-state index is 9.97. The third-order valence-electron chi connectivity index (χ3n) is 3.63. The summed E-state index contributed by atoms with van der Waals surface area (Å²) >= 11 is 0. The Morgan fingerprint density at radius 2 is 0.647 bits per heavy atom. The van der Waals surface area contributed by atoms with Crippen molar-refractivity contribution in [1.82, 2.24) is 0 Å². The van der Waals surface area contributed by atoms with Gasteiger partial charge in [0, 0.05) is 0 Å². The number of carbonyl (C=O) groups excluding carboxylic acids is 3. The molecule has 0 fully saturated rings. The van der Waals surface area contributed by atoms with E-state index in [1.165, 1.54) is 18.2 Å². The van der Waals surface area contributed by atoms with Gasteiger partial charge in [-0.15, -0.1) is 0 Å². The third-order valence-corrected chi connectivity index (χ3v) is 3.63. The molecule has 1 radical (unpaired) electrons. The van der Waals surface area contributed by atoms with Crippen LogP contribution in [0.5, 0.6) is 0 Å². The van der Waals surface area contributed by atoms with Crippen molar-refractivity contribution in [2.75, 3.05) is 0 Å². The summed E-state index contributed by atoms with van der Waals surface area (Å²) in [6.07, 6.45) is 7.51. The largest absolute Gasteiger partial charge is 3.00 e. The molecule has 34 heavy (non-hydrogen) atoms. The Morgan fingerprint density at radius 3 is 0.824 bits per heavy atom. The molecule has 0 aromatic heterocycles. The summed E-state index contributed by atoms with van der Waals surface area (Å²) in [4.78, 5) is 29.9. The van der Waals surface area contributed by atoms with Crippen LogP contribution in [0.15, 0.2) is 109 Å². The molecule has 3 aromatic rings. The van der Waals surface area contributed by atoms with Crippen LogP contribution in [0.25, 0.3) is 18.2 Å². The van der Waals surface area contributed by atoms with Crippen molar-refractivity contribution in [1.29, 1.82) is 0 Å². The summed E-state index contributed by atoms with van der Waals surface area (Å²) in [5.41, 5.74) is 2.57. The van der Waals surface area contributed by atoms with E-state index in [1.807, 2.05) is 91.0 Å². The first kappa shape index (κ1) is 30.6. The molecule has 0 atom stereocenters. The van der Waals surface area contributed by atoms with Gasteiger partial charge in [0.15, 0.2) is 0 Å². The van der Waals surface area contributed by atoms with Gasteiger partial charge in [0.1, 0.15) is 0 Å². The van der Waals surface area contributed by atoms with E-state index < -0.39 is 17.9 Å². The second-order valence-corrected chi connectivity index (χ2v) is 6.19. The minimum atomic E-state index is -1.17. The van der Waals surface area contributed by atoms with E-state index in [9.17, 15) is 29.7 Å². The summed E-state index contributed by atoms with van der Waals surface area (Å²) in [6, 6.07) is 27.6. The summed E-state index contributed by atoms with van der Waals surface area (Å²) in [5, 5.41) is 29.9. The average Bonchev–Trinajstić information content (AvgIpc) is 2.83. The van der Waals surface area contributed by atoms with Gasteiger partial charge in [-0.05, 0) is 34.9 Å². The van der Waals surface area contributed by atoms with E-state index in [4.69, 9.17) is 0 Å². The summed E-state index contributed by atoms with van der Waals surface area (Å²) in [6.45, 7) is 0. The summed E-state index contributed by atoms with van der Waals surface area (Å²) in [5.74, 6) is -3.52. The fraction of sp³-hybridized carbons (Fsp3) is 0. The molecular weight excluding hydrogens is 565 g/mol. The second kappa shape index (κ2) is 19.1. The van der Waals surface area contributed by atoms with Crippen LogP contribution in [-0.4, -0.2) is 17.9 Å². The van der Waals surface area contributed by atoms with Crippen molar-refractivity contribution in [3.8, 4) is 0 Å². The van der Waals surface area contributed by atoms with Crippen LogP contribution in [0.2, 0.25) is 0 Å². The third kappa shape index (κ3) is 17.2. The first-order valence-corrected chi connectivity index (χ1v) is 9.69. The Hall–Kier alpha value is -3.36. The van der Waals surface area contributed by atoms with Crippen LogP contribution in [0.3, 0.4) is 0 Å². The van der Waals surface area contributed by atoms with E-state index >= 15 is 0 Å². The zero-order chi connectivity index (χ0) is 24.3. The van der Waals surface area contributed by atoms with E-state index in [1.54, 1.807) is 0 Å². The Bertz CT molecular complexity index is 934. The monoisotopic (exact) mass is 583 g/mol. The maximum Gasteiger partial charge on any atom is 3.00 e. The van der Waals surface area contributed by atoms with Crippen LogP contribution in [0, 0.1) is 40.8 Å². The molecule has 0 bridgehead atoms. The van der Waals surface area contributed by atoms with Crippen LogP contribution in [-0.2, 0) is 14.4 Å². The molecule has 0 heterocycles. The smallest absolute Gasteiger partial charge is 0.545 e. The number of carboxylic acid groups (broad SMARTS) is 3. The summed E-state index contributed by atoms with van der Waals surface area (Å²) < 4.78 is 0. The van der Waals surface area contributed by atoms with Crippen molar-refractivity contribution in [3.63, 3.8) is 0 Å². The molecular formula is C27H21NdO6. The maximum atomic E-state index is 9.97. The fourth-order valence-electron chi connectivity index (χ4n) is 2.19. The van der Waals surface area contributed by atoms with Crippen molar-refractivity contribution in [2.24, 2.45) is 0 Å². The van der Waals surface area contributed by atoms with E-state index in [2.05, 4.69) is 0 Å². The van der Waals surface area contributed by atoms with Gasteiger partial charge in [0.2, 0.25) is 0 Å².